The van der Waals surface area contributed by atoms with Crippen molar-refractivity contribution < 1.29 is 9.53 Å². The van der Waals surface area contributed by atoms with E-state index in [2.05, 4.69) is 5.32 Å². The van der Waals surface area contributed by atoms with Crippen LogP contribution in [-0.2, 0) is 16.1 Å². The number of nitrogens with zero attached hydrogens (tertiary/aromatic N) is 1. The van der Waals surface area contributed by atoms with E-state index in [-0.39, 0.29) is 19.1 Å². The van der Waals surface area contributed by atoms with Crippen molar-refractivity contribution in [1.82, 2.24) is 5.32 Å². The van der Waals surface area contributed by atoms with Crippen LogP contribution in [0.15, 0.2) is 24.3 Å². The number of rotatable bonds is 5. The number of carbonyl (C=O) groups excluding carboxylic acids is 1. The molecule has 1 aromatic rings. The van der Waals surface area contributed by atoms with Crippen molar-refractivity contribution in [2.45, 2.75) is 6.61 Å². The van der Waals surface area contributed by atoms with Gasteiger partial charge in [-0.3, -0.25) is 4.79 Å². The van der Waals surface area contributed by atoms with E-state index in [0.717, 1.165) is 5.56 Å². The number of hydrogen-bond acceptors (Lipinski definition) is 4. The lowest BCUT2D eigenvalue weighted by Crippen LogP contribution is -2.27. The quantitative estimate of drug-likeness (QED) is 0.555. The second-order valence-corrected chi connectivity index (χ2v) is 3.17. The molecule has 1 amide bonds. The van der Waals surface area contributed by atoms with Crippen LogP contribution in [-0.4, -0.2) is 19.1 Å². The van der Waals surface area contributed by atoms with Gasteiger partial charge in [-0.05, 0) is 17.7 Å². The third kappa shape index (κ3) is 4.44. The summed E-state index contributed by atoms with van der Waals surface area (Å²) in [5.74, 6) is -0.294. The Bertz CT molecular complexity index is 381. The summed E-state index contributed by atoms with van der Waals surface area (Å²) in [6.45, 7) is 0.302. The topological polar surface area (TPSA) is 88.1 Å². The summed E-state index contributed by atoms with van der Waals surface area (Å²) in [6, 6.07) is 9.03. The highest BCUT2D eigenvalue weighted by Crippen LogP contribution is 2.06. The van der Waals surface area contributed by atoms with E-state index < -0.39 is 0 Å². The molecular formula is C11H13N3O2. The number of nitrogen functional groups attached to an aromatic ring is 1. The highest BCUT2D eigenvalue weighted by Gasteiger charge is 2.00. The van der Waals surface area contributed by atoms with Crippen LogP contribution in [0, 0.1) is 11.3 Å². The van der Waals surface area contributed by atoms with Gasteiger partial charge in [0.2, 0.25) is 5.91 Å². The number of anilines is 1. The molecule has 0 saturated heterocycles. The summed E-state index contributed by atoms with van der Waals surface area (Å²) in [6.07, 6.45) is 0. The molecule has 0 aliphatic rings. The molecule has 5 nitrogen and oxygen atoms in total. The maximum Gasteiger partial charge on any atom is 0.246 e. The number of nitrogens with one attached hydrogen (secondary N) is 1. The van der Waals surface area contributed by atoms with Gasteiger partial charge in [0.15, 0.2) is 0 Å². The van der Waals surface area contributed by atoms with Crippen LogP contribution in [0.4, 0.5) is 5.69 Å². The molecule has 0 spiro atoms. The van der Waals surface area contributed by atoms with Gasteiger partial charge in [-0.1, -0.05) is 12.1 Å². The van der Waals surface area contributed by atoms with Crippen molar-refractivity contribution in [2.24, 2.45) is 0 Å². The number of ether oxygens (including phenoxy) is 1. The second-order valence-electron chi connectivity index (χ2n) is 3.17. The predicted molar refractivity (Wildman–Crippen MR) is 59.1 cm³/mol. The average Bonchev–Trinajstić information content (AvgIpc) is 2.29. The molecule has 0 aliphatic heterocycles. The molecule has 84 valence electrons. The first-order valence-corrected chi connectivity index (χ1v) is 4.78. The van der Waals surface area contributed by atoms with Crippen LogP contribution < -0.4 is 11.1 Å². The maximum absolute atomic E-state index is 11.0. The third-order valence-electron chi connectivity index (χ3n) is 1.85. The molecule has 1 aromatic carbocycles. The zero-order chi connectivity index (χ0) is 11.8. The van der Waals surface area contributed by atoms with Crippen molar-refractivity contribution in [3.63, 3.8) is 0 Å². The molecule has 16 heavy (non-hydrogen) atoms. The molecule has 0 unspecified atom stereocenters. The van der Waals surface area contributed by atoms with Crippen molar-refractivity contribution in [1.29, 1.82) is 5.26 Å². The Kier molecular flexibility index (Phi) is 4.83. The molecule has 0 atom stereocenters. The van der Waals surface area contributed by atoms with Gasteiger partial charge in [0.25, 0.3) is 0 Å². The van der Waals surface area contributed by atoms with E-state index in [1.807, 2.05) is 18.2 Å². The van der Waals surface area contributed by atoms with Crippen LogP contribution in [0.2, 0.25) is 0 Å². The summed E-state index contributed by atoms with van der Waals surface area (Å²) in [7, 11) is 0. The van der Waals surface area contributed by atoms with Crippen molar-refractivity contribution in [2.75, 3.05) is 18.9 Å². The lowest BCUT2D eigenvalue weighted by Gasteiger charge is -2.04. The lowest BCUT2D eigenvalue weighted by atomic mass is 10.2. The number of nitriles is 1. The Morgan fingerprint density at radius 3 is 2.75 bits per heavy atom. The molecule has 3 N–H and O–H groups in total. The Morgan fingerprint density at radius 2 is 2.12 bits per heavy atom. The Balaban J connectivity index is 2.23. The molecule has 1 rings (SSSR count). The van der Waals surface area contributed by atoms with Gasteiger partial charge in [-0.15, -0.1) is 0 Å². The molecule has 0 fully saturated rings. The minimum Gasteiger partial charge on any atom is -0.399 e. The summed E-state index contributed by atoms with van der Waals surface area (Å²) in [5, 5.41) is 10.6. The first kappa shape index (κ1) is 12.0. The number of benzene rings is 1. The third-order valence-corrected chi connectivity index (χ3v) is 1.85. The second kappa shape index (κ2) is 6.43. The van der Waals surface area contributed by atoms with Crippen LogP contribution in [0.25, 0.3) is 0 Å². The summed E-state index contributed by atoms with van der Waals surface area (Å²) in [5.41, 5.74) is 7.16. The largest absolute Gasteiger partial charge is 0.399 e. The van der Waals surface area contributed by atoms with Gasteiger partial charge in [0.05, 0.1) is 12.7 Å². The van der Waals surface area contributed by atoms with E-state index in [1.165, 1.54) is 0 Å². The van der Waals surface area contributed by atoms with Gasteiger partial charge in [0, 0.05) is 5.69 Å². The smallest absolute Gasteiger partial charge is 0.246 e. The van der Waals surface area contributed by atoms with Crippen molar-refractivity contribution >= 4 is 11.6 Å². The van der Waals surface area contributed by atoms with Crippen LogP contribution >= 0.6 is 0 Å². The van der Waals surface area contributed by atoms with Crippen LogP contribution in [0.1, 0.15) is 5.56 Å². The van der Waals surface area contributed by atoms with Crippen LogP contribution in [0.3, 0.4) is 0 Å². The first-order valence-electron chi connectivity index (χ1n) is 4.78. The fourth-order valence-electron chi connectivity index (χ4n) is 1.06. The number of carbonyl (C=O) groups is 1. The van der Waals surface area contributed by atoms with E-state index >= 15 is 0 Å². The van der Waals surface area contributed by atoms with Gasteiger partial charge in [0.1, 0.15) is 13.2 Å². The summed E-state index contributed by atoms with van der Waals surface area (Å²) in [4.78, 5) is 11.0. The highest BCUT2D eigenvalue weighted by atomic mass is 16.5. The monoisotopic (exact) mass is 219 g/mol. The molecule has 0 bridgehead atoms. The molecular weight excluding hydrogens is 206 g/mol. The van der Waals surface area contributed by atoms with Crippen LogP contribution in [0.5, 0.6) is 0 Å². The first-order chi connectivity index (χ1) is 7.72. The van der Waals surface area contributed by atoms with Crippen molar-refractivity contribution in [3.8, 4) is 6.07 Å². The fraction of sp³-hybridized carbons (Fsp3) is 0.273. The van der Waals surface area contributed by atoms with Gasteiger partial charge >= 0.3 is 0 Å². The predicted octanol–water partition coefficient (Wildman–Crippen LogP) is 0.425. The number of amides is 1. The normalized spacial score (nSPS) is 9.44. The highest BCUT2D eigenvalue weighted by molar-refractivity contribution is 5.77. The zero-order valence-corrected chi connectivity index (χ0v) is 8.77. The summed E-state index contributed by atoms with van der Waals surface area (Å²) < 4.78 is 5.16. The Hall–Kier alpha value is -2.06. The maximum atomic E-state index is 11.0. The fourth-order valence-corrected chi connectivity index (χ4v) is 1.06. The molecule has 0 saturated carbocycles. The van der Waals surface area contributed by atoms with E-state index in [1.54, 1.807) is 12.1 Å². The average molecular weight is 219 g/mol. The van der Waals surface area contributed by atoms with E-state index in [4.69, 9.17) is 15.7 Å². The standard InChI is InChI=1S/C11H13N3O2/c12-5-6-14-11(15)8-16-7-9-1-3-10(13)4-2-9/h1-4H,6-8,13H2,(H,14,15). The number of hydrogen-bond donors (Lipinski definition) is 2. The number of nitrogens with two attached hydrogens (primary N) is 1. The molecule has 0 aromatic heterocycles. The molecule has 0 aliphatic carbocycles. The molecule has 0 radical (unpaired) electrons. The van der Waals surface area contributed by atoms with Crippen molar-refractivity contribution in [3.05, 3.63) is 29.8 Å². The molecule has 5 heteroatoms. The van der Waals surface area contributed by atoms with Gasteiger partial charge < -0.3 is 15.8 Å². The van der Waals surface area contributed by atoms with Gasteiger partial charge in [-0.2, -0.15) is 5.26 Å². The zero-order valence-electron chi connectivity index (χ0n) is 8.77. The Morgan fingerprint density at radius 1 is 1.44 bits per heavy atom. The Labute approximate surface area is 93.8 Å². The van der Waals surface area contributed by atoms with E-state index in [9.17, 15) is 4.79 Å². The van der Waals surface area contributed by atoms with E-state index in [0.29, 0.717) is 12.3 Å². The molecule has 0 heterocycles. The minimum atomic E-state index is -0.294. The minimum absolute atomic E-state index is 0.00403. The summed E-state index contributed by atoms with van der Waals surface area (Å²) >= 11 is 0. The van der Waals surface area contributed by atoms with Gasteiger partial charge in [-0.25, -0.2) is 0 Å². The lowest BCUT2D eigenvalue weighted by molar-refractivity contribution is -0.125. The SMILES string of the molecule is N#CCNC(=O)COCc1ccc(N)cc1.